The average Bonchev–Trinajstić information content (AvgIpc) is 3.37. The molecule has 2 heterocycles. The van der Waals surface area contributed by atoms with Crippen molar-refractivity contribution in [1.82, 2.24) is 9.80 Å². The lowest BCUT2D eigenvalue weighted by atomic mass is 9.85. The number of azide groups is 2. The van der Waals surface area contributed by atoms with Crippen LogP contribution in [0.4, 0.5) is 0 Å². The summed E-state index contributed by atoms with van der Waals surface area (Å²) in [5, 5.41) is 9.09. The Morgan fingerprint density at radius 2 is 0.987 bits per heavy atom. The third-order valence-corrected chi connectivity index (χ3v) is 15.7. The molecule has 76 heavy (non-hydrogen) atoms. The minimum Gasteiger partial charge on any atom is -0.379 e. The molecule has 0 amide bonds. The fourth-order valence-corrected chi connectivity index (χ4v) is 11.3. The molecule has 420 valence electrons. The number of hydrogen-bond acceptors (Lipinski definition) is 15. The van der Waals surface area contributed by atoms with Crippen molar-refractivity contribution in [1.29, 1.82) is 0 Å². The van der Waals surface area contributed by atoms with Crippen LogP contribution in [0.25, 0.3) is 20.9 Å². The van der Waals surface area contributed by atoms with Crippen LogP contribution >= 0.6 is 57.1 Å². The third kappa shape index (κ3) is 23.4. The highest BCUT2D eigenvalue weighted by atomic mass is 35.7. The summed E-state index contributed by atoms with van der Waals surface area (Å²) in [6.07, 6.45) is 0.384. The third-order valence-electron chi connectivity index (χ3n) is 11.4. The van der Waals surface area contributed by atoms with Gasteiger partial charge in [0, 0.05) is 105 Å². The lowest BCUT2D eigenvalue weighted by Crippen LogP contribution is -2.31. The number of sulfone groups is 1. The van der Waals surface area contributed by atoms with E-state index in [1.54, 1.807) is 42.5 Å². The Kier molecular flexibility index (Phi) is 31.5. The number of nitrogens with two attached hydrogens (primary N) is 1. The molecule has 0 aromatic heterocycles. The van der Waals surface area contributed by atoms with Gasteiger partial charge in [0.2, 0.25) is 0 Å². The molecule has 0 bridgehead atoms. The molecular formula is C50H68Cl5N9O10S2. The van der Waals surface area contributed by atoms with Crippen molar-refractivity contribution < 1.29 is 45.3 Å². The zero-order valence-electron chi connectivity index (χ0n) is 41.9. The van der Waals surface area contributed by atoms with Crippen molar-refractivity contribution in [2.45, 2.75) is 48.6 Å². The Balaban J connectivity index is 0.000000332. The van der Waals surface area contributed by atoms with Crippen molar-refractivity contribution in [3.8, 4) is 0 Å². The van der Waals surface area contributed by atoms with Crippen LogP contribution in [0.15, 0.2) is 92.8 Å². The first-order chi connectivity index (χ1) is 36.0. The van der Waals surface area contributed by atoms with E-state index >= 15 is 0 Å². The van der Waals surface area contributed by atoms with Crippen LogP contribution in [0, 0.1) is 0 Å². The average molecular weight is 1200 g/mol. The molecule has 0 radical (unpaired) electrons. The van der Waals surface area contributed by atoms with Crippen LogP contribution in [0.2, 0.25) is 20.1 Å². The highest BCUT2D eigenvalue weighted by Crippen LogP contribution is 2.40. The highest BCUT2D eigenvalue weighted by molar-refractivity contribution is 8.13. The molecule has 0 spiro atoms. The van der Waals surface area contributed by atoms with Gasteiger partial charge in [-0.05, 0) is 113 Å². The fraction of sp³-hybridized carbons (Fsp3) is 0.520. The largest absolute Gasteiger partial charge is 0.379 e. The summed E-state index contributed by atoms with van der Waals surface area (Å²) >= 11 is 25.3. The Bertz CT molecular complexity index is 2740. The molecular weight excluding hydrogens is 1130 g/mol. The molecule has 2 atom stereocenters. The number of ether oxygens (including phenoxy) is 6. The molecule has 19 nitrogen and oxygen atoms in total. The van der Waals surface area contributed by atoms with Crippen LogP contribution in [0.1, 0.15) is 59.1 Å². The van der Waals surface area contributed by atoms with Gasteiger partial charge in [0.15, 0.2) is 9.84 Å². The van der Waals surface area contributed by atoms with Crippen LogP contribution < -0.4 is 5.73 Å². The Hall–Kier alpha value is -3.51. The van der Waals surface area contributed by atoms with Crippen molar-refractivity contribution in [3.05, 3.63) is 147 Å². The minimum atomic E-state index is -3.76. The van der Waals surface area contributed by atoms with Crippen molar-refractivity contribution in [2.24, 2.45) is 16.0 Å². The summed E-state index contributed by atoms with van der Waals surface area (Å²) in [6.45, 7) is 9.46. The summed E-state index contributed by atoms with van der Waals surface area (Å²) < 4.78 is 80.7. The van der Waals surface area contributed by atoms with Gasteiger partial charge in [-0.3, -0.25) is 0 Å². The predicted molar refractivity (Wildman–Crippen MR) is 301 cm³/mol. The smallest absolute Gasteiger partial charge is 0.261 e. The molecule has 2 N–H and O–H groups in total. The van der Waals surface area contributed by atoms with Crippen molar-refractivity contribution in [2.75, 3.05) is 132 Å². The van der Waals surface area contributed by atoms with Crippen molar-refractivity contribution >= 4 is 76.0 Å². The van der Waals surface area contributed by atoms with Gasteiger partial charge in [-0.2, -0.15) is 0 Å². The van der Waals surface area contributed by atoms with Crippen LogP contribution in [0.3, 0.4) is 0 Å². The Morgan fingerprint density at radius 3 is 1.41 bits per heavy atom. The minimum absolute atomic E-state index is 0. The zero-order chi connectivity index (χ0) is 54.6. The van der Waals surface area contributed by atoms with Gasteiger partial charge < -0.3 is 44.0 Å². The standard InChI is InChI=1S/C25H32Cl2N4O5S.C16H14Cl3NO2S.C8H18N4O3.CH4/c1-31-17-23(22-15-20(26)16-25(27)24(22)18-31)19-4-2-5-21(14-19)37(32,33)13-3-7-34-9-11-36-12-10-35-8-6-29-30-28;1-20-8-14(10-3-2-4-12(5-10)23(19,21)22)13-6-11(17)7-16(18)15(13)9-20;9-1-3-13-5-7-15-8-6-14-4-2-11-12-10;/h2,4-5,14-16,23H,3,6-13,17-18H2,1H3;2-7,14H,8-9H2,1H3;1-9H2;1H4. The molecule has 26 heteroatoms. The fourth-order valence-electron chi connectivity index (χ4n) is 8.01. The number of halogens is 5. The quantitative estimate of drug-likeness (QED) is 0.0183. The second-order valence-electron chi connectivity index (χ2n) is 17.0. The number of benzene rings is 4. The highest BCUT2D eigenvalue weighted by Gasteiger charge is 2.29. The molecule has 4 aromatic carbocycles. The number of rotatable bonds is 28. The molecule has 0 saturated carbocycles. The van der Waals surface area contributed by atoms with Gasteiger partial charge in [-0.15, -0.1) is 0 Å². The van der Waals surface area contributed by atoms with Gasteiger partial charge in [-0.1, -0.05) is 88.3 Å². The van der Waals surface area contributed by atoms with E-state index in [0.29, 0.717) is 130 Å². The second-order valence-corrected chi connectivity index (χ2v) is 23.4. The summed E-state index contributed by atoms with van der Waals surface area (Å²) in [5.41, 5.74) is 27.3. The monoisotopic (exact) mass is 1190 g/mol. The number of hydrogen-bond donors (Lipinski definition) is 1. The first kappa shape index (κ1) is 66.8. The summed E-state index contributed by atoms with van der Waals surface area (Å²) in [4.78, 5) is 9.96. The molecule has 0 aliphatic carbocycles. The second kappa shape index (κ2) is 35.9. The van der Waals surface area contributed by atoms with E-state index in [1.807, 2.05) is 38.4 Å². The van der Waals surface area contributed by atoms with Crippen LogP contribution in [-0.4, -0.2) is 158 Å². The van der Waals surface area contributed by atoms with E-state index in [-0.39, 0.29) is 29.9 Å². The number of fused-ring (bicyclic) bond motifs is 2. The van der Waals surface area contributed by atoms with Crippen molar-refractivity contribution in [3.63, 3.8) is 0 Å². The Labute approximate surface area is 471 Å². The maximum atomic E-state index is 13.0. The zero-order valence-corrected chi connectivity index (χ0v) is 47.3. The number of nitrogens with zero attached hydrogens (tertiary/aromatic N) is 8. The summed E-state index contributed by atoms with van der Waals surface area (Å²) in [7, 11) is 2.26. The molecule has 2 aliphatic rings. The normalized spacial score (nSPS) is 15.3. The molecule has 0 fully saturated rings. The maximum Gasteiger partial charge on any atom is 0.261 e. The van der Waals surface area contributed by atoms with E-state index in [9.17, 15) is 16.8 Å². The lowest BCUT2D eigenvalue weighted by molar-refractivity contribution is 0.0162. The van der Waals surface area contributed by atoms with Gasteiger partial charge in [0.25, 0.3) is 9.05 Å². The van der Waals surface area contributed by atoms with E-state index in [1.165, 1.54) is 6.07 Å². The predicted octanol–water partition coefficient (Wildman–Crippen LogP) is 10.5. The molecule has 2 unspecified atom stereocenters. The lowest BCUT2D eigenvalue weighted by Gasteiger charge is -2.33. The summed E-state index contributed by atoms with van der Waals surface area (Å²) in [5.74, 6) is -0.0481. The van der Waals surface area contributed by atoms with Gasteiger partial charge in [0.05, 0.1) is 88.2 Å². The Morgan fingerprint density at radius 1 is 0.592 bits per heavy atom. The SMILES string of the molecule is C.CN1Cc2c(Cl)cc(Cl)cc2C(c2cccc(S(=O)(=O)CCCOCCOCCOCCN=[N+]=[N-])c2)C1.CN1Cc2c(Cl)cc(Cl)cc2C(c2cccc(S(=O)(=O)Cl)c2)C1.[N-]=[N+]=NCCOCCOCCOCCN. The first-order valence-corrected chi connectivity index (χ1v) is 29.3. The molecule has 2 aliphatic heterocycles. The number of likely N-dealkylation sites (N-methyl/N-ethyl adjacent to an activating group) is 2. The first-order valence-electron chi connectivity index (χ1n) is 23.9. The van der Waals surface area contributed by atoms with E-state index in [4.69, 9.17) is 102 Å². The maximum absolute atomic E-state index is 13.0. The molecule has 4 aromatic rings. The molecule has 6 rings (SSSR count). The van der Waals surface area contributed by atoms with E-state index in [0.717, 1.165) is 59.6 Å². The van der Waals surface area contributed by atoms with E-state index in [2.05, 4.69) is 29.9 Å². The van der Waals surface area contributed by atoms with Crippen LogP contribution in [-0.2, 0) is 60.4 Å². The van der Waals surface area contributed by atoms with E-state index < -0.39 is 18.9 Å². The summed E-state index contributed by atoms with van der Waals surface area (Å²) in [6, 6.07) is 21.2. The van der Waals surface area contributed by atoms with Gasteiger partial charge in [0.1, 0.15) is 0 Å². The van der Waals surface area contributed by atoms with Crippen LogP contribution in [0.5, 0.6) is 0 Å². The van der Waals surface area contributed by atoms with Gasteiger partial charge >= 0.3 is 0 Å². The topological polar surface area (TPSA) is 254 Å². The van der Waals surface area contributed by atoms with Gasteiger partial charge in [-0.25, -0.2) is 16.8 Å². The molecule has 0 saturated heterocycles.